The lowest BCUT2D eigenvalue weighted by Gasteiger charge is -2.45. The largest absolute Gasteiger partial charge is 0.381 e. The molecule has 2 atom stereocenters. The van der Waals surface area contributed by atoms with Crippen LogP contribution in [0.5, 0.6) is 0 Å². The first-order valence-electron chi connectivity index (χ1n) is 5.42. The number of hydrogen-bond donors (Lipinski definition) is 1. The normalized spacial score (nSPS) is 46.4. The van der Waals surface area contributed by atoms with Gasteiger partial charge in [0.05, 0.1) is 13.2 Å². The van der Waals surface area contributed by atoms with Crippen molar-refractivity contribution < 1.29 is 4.74 Å². The molecule has 2 saturated heterocycles. The third-order valence-corrected chi connectivity index (χ3v) is 3.75. The highest BCUT2D eigenvalue weighted by atomic mass is 16.5. The van der Waals surface area contributed by atoms with Crippen molar-refractivity contribution in [2.45, 2.75) is 24.9 Å². The van der Waals surface area contributed by atoms with Crippen LogP contribution >= 0.6 is 0 Å². The van der Waals surface area contributed by atoms with E-state index in [9.17, 15) is 0 Å². The fourth-order valence-electron chi connectivity index (χ4n) is 2.74. The van der Waals surface area contributed by atoms with E-state index < -0.39 is 0 Å². The molecule has 0 aromatic rings. The predicted molar refractivity (Wildman–Crippen MR) is 50.4 cm³/mol. The second-order valence-electron chi connectivity index (χ2n) is 4.82. The zero-order chi connectivity index (χ0) is 8.84. The second-order valence-corrected chi connectivity index (χ2v) is 4.82. The molecule has 2 N–H and O–H groups in total. The summed E-state index contributed by atoms with van der Waals surface area (Å²) in [6.45, 7) is 4.15. The Kier molecular flexibility index (Phi) is 1.86. The Bertz CT molecular complexity index is 191. The standard InChI is InChI=1S/C10H18N2O/c11-10-7-3-12(9-1-2-9)4-8(10)6-13-5-7/h7-10H,1-6,11H2. The van der Waals surface area contributed by atoms with Crippen LogP contribution in [-0.4, -0.2) is 43.3 Å². The topological polar surface area (TPSA) is 38.5 Å². The van der Waals surface area contributed by atoms with Crippen LogP contribution in [0.1, 0.15) is 12.8 Å². The molecule has 2 aliphatic heterocycles. The van der Waals surface area contributed by atoms with Gasteiger partial charge in [0.2, 0.25) is 0 Å². The van der Waals surface area contributed by atoms with Crippen molar-refractivity contribution in [2.75, 3.05) is 26.3 Å². The molecule has 74 valence electrons. The highest BCUT2D eigenvalue weighted by Crippen LogP contribution is 2.34. The zero-order valence-corrected chi connectivity index (χ0v) is 7.98. The van der Waals surface area contributed by atoms with Crippen molar-refractivity contribution in [3.05, 3.63) is 0 Å². The van der Waals surface area contributed by atoms with E-state index in [0.29, 0.717) is 17.9 Å². The van der Waals surface area contributed by atoms with E-state index in [1.165, 1.54) is 25.9 Å². The lowest BCUT2D eigenvalue weighted by molar-refractivity contribution is -0.0566. The van der Waals surface area contributed by atoms with Crippen molar-refractivity contribution >= 4 is 0 Å². The summed E-state index contributed by atoms with van der Waals surface area (Å²) >= 11 is 0. The third-order valence-electron chi connectivity index (χ3n) is 3.75. The molecule has 2 unspecified atom stereocenters. The van der Waals surface area contributed by atoms with E-state index >= 15 is 0 Å². The first-order valence-corrected chi connectivity index (χ1v) is 5.42. The van der Waals surface area contributed by atoms with Gasteiger partial charge in [-0.3, -0.25) is 4.90 Å². The number of ether oxygens (including phenoxy) is 1. The smallest absolute Gasteiger partial charge is 0.0521 e. The molecule has 1 saturated carbocycles. The van der Waals surface area contributed by atoms with Gasteiger partial charge in [0.1, 0.15) is 0 Å². The Hall–Kier alpha value is -0.120. The van der Waals surface area contributed by atoms with Gasteiger partial charge in [0, 0.05) is 37.0 Å². The number of rotatable bonds is 1. The lowest BCUT2D eigenvalue weighted by Crippen LogP contribution is -2.59. The molecule has 2 heterocycles. The van der Waals surface area contributed by atoms with Crippen LogP contribution in [0.15, 0.2) is 0 Å². The fourth-order valence-corrected chi connectivity index (χ4v) is 2.74. The highest BCUT2D eigenvalue weighted by molar-refractivity contribution is 4.97. The van der Waals surface area contributed by atoms with Crippen molar-refractivity contribution in [1.82, 2.24) is 4.90 Å². The minimum absolute atomic E-state index is 0.406. The first kappa shape index (κ1) is 8.21. The van der Waals surface area contributed by atoms with Crippen molar-refractivity contribution in [3.8, 4) is 0 Å². The summed E-state index contributed by atoms with van der Waals surface area (Å²) < 4.78 is 5.55. The molecule has 13 heavy (non-hydrogen) atoms. The Morgan fingerprint density at radius 3 is 2.23 bits per heavy atom. The Morgan fingerprint density at radius 1 is 1.08 bits per heavy atom. The average molecular weight is 182 g/mol. The van der Waals surface area contributed by atoms with Crippen molar-refractivity contribution in [1.29, 1.82) is 0 Å². The Morgan fingerprint density at radius 2 is 1.69 bits per heavy atom. The minimum Gasteiger partial charge on any atom is -0.381 e. The lowest BCUT2D eigenvalue weighted by atomic mass is 9.83. The molecule has 3 aliphatic rings. The summed E-state index contributed by atoms with van der Waals surface area (Å²) in [4.78, 5) is 2.64. The molecule has 0 aromatic heterocycles. The van der Waals surface area contributed by atoms with Crippen LogP contribution in [0.2, 0.25) is 0 Å². The second kappa shape index (κ2) is 2.94. The van der Waals surface area contributed by atoms with E-state index in [2.05, 4.69) is 4.90 Å². The maximum atomic E-state index is 6.16. The number of piperidine rings is 1. The Labute approximate surface area is 79.2 Å². The molecule has 3 fully saturated rings. The number of fused-ring (bicyclic) bond motifs is 2. The van der Waals surface area contributed by atoms with Gasteiger partial charge in [-0.15, -0.1) is 0 Å². The summed E-state index contributed by atoms with van der Waals surface area (Å²) in [6, 6.07) is 1.30. The molecule has 3 rings (SSSR count). The molecule has 3 heteroatoms. The number of likely N-dealkylation sites (tertiary alicyclic amines) is 1. The minimum atomic E-state index is 0.406. The van der Waals surface area contributed by atoms with E-state index in [1.54, 1.807) is 0 Å². The Balaban J connectivity index is 1.72. The van der Waals surface area contributed by atoms with Gasteiger partial charge in [-0.25, -0.2) is 0 Å². The first-order chi connectivity index (χ1) is 6.34. The number of nitrogens with zero attached hydrogens (tertiary/aromatic N) is 1. The molecule has 2 bridgehead atoms. The quantitative estimate of drug-likeness (QED) is 0.623. The summed E-state index contributed by atoms with van der Waals surface area (Å²) in [5, 5.41) is 0. The average Bonchev–Trinajstić information content (AvgIpc) is 2.85. The van der Waals surface area contributed by atoms with Crippen LogP contribution in [0.4, 0.5) is 0 Å². The molecule has 3 nitrogen and oxygen atoms in total. The van der Waals surface area contributed by atoms with Gasteiger partial charge in [0.15, 0.2) is 0 Å². The molecule has 1 aliphatic carbocycles. The van der Waals surface area contributed by atoms with Gasteiger partial charge in [-0.2, -0.15) is 0 Å². The van der Waals surface area contributed by atoms with Crippen LogP contribution in [0, 0.1) is 11.8 Å². The van der Waals surface area contributed by atoms with E-state index in [4.69, 9.17) is 10.5 Å². The molecule has 0 aromatic carbocycles. The predicted octanol–water partition coefficient (Wildman–Crippen LogP) is 0.0543. The third kappa shape index (κ3) is 1.39. The monoisotopic (exact) mass is 182 g/mol. The van der Waals surface area contributed by atoms with Crippen molar-refractivity contribution in [3.63, 3.8) is 0 Å². The molecular formula is C10H18N2O. The van der Waals surface area contributed by atoms with Crippen LogP contribution in [-0.2, 0) is 4.74 Å². The maximum absolute atomic E-state index is 6.16. The summed E-state index contributed by atoms with van der Waals surface area (Å²) in [7, 11) is 0. The summed E-state index contributed by atoms with van der Waals surface area (Å²) in [6.07, 6.45) is 2.82. The van der Waals surface area contributed by atoms with E-state index in [1.807, 2.05) is 0 Å². The van der Waals surface area contributed by atoms with E-state index in [0.717, 1.165) is 19.3 Å². The van der Waals surface area contributed by atoms with Crippen molar-refractivity contribution in [2.24, 2.45) is 17.6 Å². The molecule has 0 spiro atoms. The number of nitrogens with two attached hydrogens (primary N) is 1. The SMILES string of the molecule is NC1C2COCC1CN(C1CC1)C2. The summed E-state index contributed by atoms with van der Waals surface area (Å²) in [5.74, 6) is 1.21. The number of hydrogen-bond acceptors (Lipinski definition) is 3. The summed E-state index contributed by atoms with van der Waals surface area (Å²) in [5.41, 5.74) is 6.16. The van der Waals surface area contributed by atoms with Gasteiger partial charge in [0.25, 0.3) is 0 Å². The zero-order valence-electron chi connectivity index (χ0n) is 7.98. The van der Waals surface area contributed by atoms with E-state index in [-0.39, 0.29) is 0 Å². The van der Waals surface area contributed by atoms with Crippen LogP contribution in [0.25, 0.3) is 0 Å². The van der Waals surface area contributed by atoms with Crippen LogP contribution in [0.3, 0.4) is 0 Å². The highest BCUT2D eigenvalue weighted by Gasteiger charge is 2.42. The fraction of sp³-hybridized carbons (Fsp3) is 1.00. The molecular weight excluding hydrogens is 164 g/mol. The van der Waals surface area contributed by atoms with Gasteiger partial charge in [-0.1, -0.05) is 0 Å². The molecule has 0 radical (unpaired) electrons. The maximum Gasteiger partial charge on any atom is 0.0521 e. The van der Waals surface area contributed by atoms with Crippen LogP contribution < -0.4 is 5.73 Å². The molecule has 0 amide bonds. The van der Waals surface area contributed by atoms with Gasteiger partial charge < -0.3 is 10.5 Å². The van der Waals surface area contributed by atoms with Gasteiger partial charge in [-0.05, 0) is 12.8 Å². The van der Waals surface area contributed by atoms with Gasteiger partial charge >= 0.3 is 0 Å².